The minimum absolute atomic E-state index is 0.0379. The number of aliphatic hydroxyl groups is 1. The lowest BCUT2D eigenvalue weighted by Gasteiger charge is -2.13. The largest absolute Gasteiger partial charge is 0.395 e. The van der Waals surface area contributed by atoms with Crippen LogP contribution < -0.4 is 10.6 Å². The second-order valence-corrected chi connectivity index (χ2v) is 5.60. The molecule has 0 spiro atoms. The maximum atomic E-state index is 12.1. The molecular weight excluding hydrogens is 334 g/mol. The summed E-state index contributed by atoms with van der Waals surface area (Å²) in [5.41, 5.74) is 1.90. The number of carbonyl (C=O) groups excluding carboxylic acids is 3. The zero-order chi connectivity index (χ0) is 18.5. The molecule has 7 heteroatoms. The van der Waals surface area contributed by atoms with Gasteiger partial charge in [-0.05, 0) is 36.4 Å². The number of hydrogen-bond acceptors (Lipinski definition) is 5. The van der Waals surface area contributed by atoms with Gasteiger partial charge in [0.2, 0.25) is 0 Å². The van der Waals surface area contributed by atoms with Gasteiger partial charge in [-0.1, -0.05) is 18.2 Å². The molecule has 0 atom stereocenters. The topological polar surface area (TPSA) is 98.7 Å². The van der Waals surface area contributed by atoms with E-state index in [1.165, 1.54) is 6.08 Å². The number of imide groups is 1. The molecule has 26 heavy (non-hydrogen) atoms. The number of anilines is 2. The first kappa shape index (κ1) is 17.4. The van der Waals surface area contributed by atoms with Gasteiger partial charge in [-0.25, -0.2) is 0 Å². The minimum Gasteiger partial charge on any atom is -0.395 e. The monoisotopic (exact) mass is 351 g/mol. The van der Waals surface area contributed by atoms with E-state index in [9.17, 15) is 14.4 Å². The number of rotatable bonds is 6. The molecule has 2 aromatic rings. The van der Waals surface area contributed by atoms with Gasteiger partial charge in [0.25, 0.3) is 17.7 Å². The van der Waals surface area contributed by atoms with Gasteiger partial charge in [-0.3, -0.25) is 19.3 Å². The Bertz CT molecular complexity index is 860. The third-order valence-corrected chi connectivity index (χ3v) is 3.79. The molecule has 1 heterocycles. The van der Waals surface area contributed by atoms with E-state index in [0.717, 1.165) is 4.90 Å². The van der Waals surface area contributed by atoms with E-state index in [4.69, 9.17) is 5.11 Å². The van der Waals surface area contributed by atoms with Crippen molar-refractivity contribution in [2.75, 3.05) is 23.8 Å². The van der Waals surface area contributed by atoms with Gasteiger partial charge in [0.1, 0.15) is 5.70 Å². The molecule has 0 saturated carbocycles. The number of nitrogens with one attached hydrogen (secondary N) is 2. The van der Waals surface area contributed by atoms with Crippen LogP contribution in [0.3, 0.4) is 0 Å². The molecule has 1 aliphatic heterocycles. The first-order valence-corrected chi connectivity index (χ1v) is 8.00. The molecular formula is C19H17N3O4. The Hall–Kier alpha value is -3.45. The normalized spacial score (nSPS) is 13.6. The van der Waals surface area contributed by atoms with Gasteiger partial charge in [-0.2, -0.15) is 0 Å². The highest BCUT2D eigenvalue weighted by molar-refractivity contribution is 6.17. The van der Waals surface area contributed by atoms with Crippen molar-refractivity contribution in [3.05, 3.63) is 71.9 Å². The Kier molecular flexibility index (Phi) is 5.09. The lowest BCUT2D eigenvalue weighted by molar-refractivity contribution is -0.137. The summed E-state index contributed by atoms with van der Waals surface area (Å²) in [7, 11) is 0. The molecule has 0 fully saturated rings. The van der Waals surface area contributed by atoms with Crippen molar-refractivity contribution in [2.24, 2.45) is 0 Å². The van der Waals surface area contributed by atoms with Crippen LogP contribution in [0.1, 0.15) is 10.4 Å². The van der Waals surface area contributed by atoms with Crippen LogP contribution in [0.5, 0.6) is 0 Å². The molecule has 2 aromatic carbocycles. The summed E-state index contributed by atoms with van der Waals surface area (Å²) in [6.07, 6.45) is 1.20. The fourth-order valence-electron chi connectivity index (χ4n) is 2.50. The van der Waals surface area contributed by atoms with Crippen LogP contribution in [-0.4, -0.2) is 40.9 Å². The lowest BCUT2D eigenvalue weighted by Crippen LogP contribution is -2.34. The predicted molar refractivity (Wildman–Crippen MR) is 96.3 cm³/mol. The highest BCUT2D eigenvalue weighted by atomic mass is 16.3. The van der Waals surface area contributed by atoms with Crippen molar-refractivity contribution < 1.29 is 19.5 Å². The molecule has 0 aliphatic carbocycles. The highest BCUT2D eigenvalue weighted by Gasteiger charge is 2.30. The van der Waals surface area contributed by atoms with E-state index in [1.54, 1.807) is 48.5 Å². The van der Waals surface area contributed by atoms with Gasteiger partial charge >= 0.3 is 0 Å². The summed E-state index contributed by atoms with van der Waals surface area (Å²) in [6.45, 7) is -0.321. The third kappa shape index (κ3) is 3.79. The van der Waals surface area contributed by atoms with E-state index in [0.29, 0.717) is 16.9 Å². The Labute approximate surface area is 149 Å². The molecule has 0 aromatic heterocycles. The number of aliphatic hydroxyl groups excluding tert-OH is 1. The molecule has 0 radical (unpaired) electrons. The summed E-state index contributed by atoms with van der Waals surface area (Å²) >= 11 is 0. The second kappa shape index (κ2) is 7.62. The van der Waals surface area contributed by atoms with Crippen LogP contribution in [-0.2, 0) is 9.59 Å². The van der Waals surface area contributed by atoms with Crippen LogP contribution in [0.2, 0.25) is 0 Å². The van der Waals surface area contributed by atoms with Crippen LogP contribution >= 0.6 is 0 Å². The fraction of sp³-hybridized carbons (Fsp3) is 0.105. The van der Waals surface area contributed by atoms with Gasteiger partial charge in [0.15, 0.2) is 0 Å². The summed E-state index contributed by atoms with van der Waals surface area (Å²) in [6, 6.07) is 15.6. The lowest BCUT2D eigenvalue weighted by atomic mass is 10.2. The van der Waals surface area contributed by atoms with Crippen molar-refractivity contribution in [1.82, 2.24) is 4.90 Å². The number of amides is 3. The molecule has 1 aliphatic rings. The van der Waals surface area contributed by atoms with E-state index in [-0.39, 0.29) is 24.8 Å². The van der Waals surface area contributed by atoms with E-state index >= 15 is 0 Å². The summed E-state index contributed by atoms with van der Waals surface area (Å²) in [5.74, 6) is -1.16. The molecule has 132 valence electrons. The van der Waals surface area contributed by atoms with Crippen LogP contribution in [0.25, 0.3) is 0 Å². The first-order valence-electron chi connectivity index (χ1n) is 8.00. The quantitative estimate of drug-likeness (QED) is 0.687. The van der Waals surface area contributed by atoms with Crippen molar-refractivity contribution in [1.29, 1.82) is 0 Å². The van der Waals surface area contributed by atoms with Crippen molar-refractivity contribution in [3.8, 4) is 0 Å². The van der Waals surface area contributed by atoms with Gasteiger partial charge in [0, 0.05) is 23.0 Å². The molecule has 0 saturated heterocycles. The average molecular weight is 351 g/mol. The predicted octanol–water partition coefficient (Wildman–Crippen LogP) is 1.60. The third-order valence-electron chi connectivity index (χ3n) is 3.79. The van der Waals surface area contributed by atoms with E-state index in [1.807, 2.05) is 6.07 Å². The molecule has 3 N–H and O–H groups in total. The average Bonchev–Trinajstić information content (AvgIpc) is 2.92. The summed E-state index contributed by atoms with van der Waals surface area (Å²) < 4.78 is 0. The number of hydrogen-bond donors (Lipinski definition) is 3. The Morgan fingerprint density at radius 3 is 2.27 bits per heavy atom. The second-order valence-electron chi connectivity index (χ2n) is 5.60. The Balaban J connectivity index is 1.63. The fourth-order valence-corrected chi connectivity index (χ4v) is 2.50. The maximum absolute atomic E-state index is 12.1. The van der Waals surface area contributed by atoms with Gasteiger partial charge in [0.05, 0.1) is 13.2 Å². The number of benzene rings is 2. The van der Waals surface area contributed by atoms with Crippen LogP contribution in [0.4, 0.5) is 11.4 Å². The highest BCUT2D eigenvalue weighted by Crippen LogP contribution is 2.19. The van der Waals surface area contributed by atoms with E-state index in [2.05, 4.69) is 10.6 Å². The van der Waals surface area contributed by atoms with Gasteiger partial charge < -0.3 is 15.7 Å². The maximum Gasteiger partial charge on any atom is 0.277 e. The van der Waals surface area contributed by atoms with Crippen LogP contribution in [0, 0.1) is 0 Å². The number of carbonyl (C=O) groups is 3. The van der Waals surface area contributed by atoms with Gasteiger partial charge in [-0.15, -0.1) is 0 Å². The summed E-state index contributed by atoms with van der Waals surface area (Å²) in [5, 5.41) is 14.6. The molecule has 7 nitrogen and oxygen atoms in total. The summed E-state index contributed by atoms with van der Waals surface area (Å²) in [4.78, 5) is 36.9. The van der Waals surface area contributed by atoms with Crippen molar-refractivity contribution in [2.45, 2.75) is 0 Å². The molecule has 3 rings (SSSR count). The zero-order valence-corrected chi connectivity index (χ0v) is 13.8. The SMILES string of the molecule is O=C(Nc1ccc(NC2=CC(=O)N(CCO)C2=O)cc1)c1ccccc1. The van der Waals surface area contributed by atoms with Crippen molar-refractivity contribution in [3.63, 3.8) is 0 Å². The van der Waals surface area contributed by atoms with Crippen LogP contribution in [0.15, 0.2) is 66.4 Å². The Morgan fingerprint density at radius 2 is 1.62 bits per heavy atom. The van der Waals surface area contributed by atoms with E-state index < -0.39 is 11.8 Å². The minimum atomic E-state index is -0.481. The molecule has 0 unspecified atom stereocenters. The van der Waals surface area contributed by atoms with Crippen molar-refractivity contribution >= 4 is 29.1 Å². The molecule has 0 bridgehead atoms. The number of β-amino-alcohol motifs (C(OH)–C–C–N with tert-alkyl or cyclic N) is 1. The smallest absolute Gasteiger partial charge is 0.277 e. The first-order chi connectivity index (χ1) is 12.6. The molecule has 3 amide bonds. The Morgan fingerprint density at radius 1 is 0.962 bits per heavy atom. The zero-order valence-electron chi connectivity index (χ0n) is 13.8. The standard InChI is InChI=1S/C19H17N3O4/c23-11-10-22-17(24)12-16(19(22)26)20-14-6-8-15(9-7-14)21-18(25)13-4-2-1-3-5-13/h1-9,12,20,23H,10-11H2,(H,21,25). The number of nitrogens with zero attached hydrogens (tertiary/aromatic N) is 1.